The largest absolute Gasteiger partial charge is 0.368 e. The zero-order valence-corrected chi connectivity index (χ0v) is 15.1. The molecule has 1 aromatic carbocycles. The fourth-order valence-corrected chi connectivity index (χ4v) is 3.52. The first-order chi connectivity index (χ1) is 12.6. The second kappa shape index (κ2) is 7.02. The van der Waals surface area contributed by atoms with E-state index >= 15 is 0 Å². The monoisotopic (exact) mass is 390 g/mol. The summed E-state index contributed by atoms with van der Waals surface area (Å²) < 4.78 is 6.74. The third-order valence-electron chi connectivity index (χ3n) is 3.90. The van der Waals surface area contributed by atoms with Gasteiger partial charge in [0.25, 0.3) is 11.9 Å². The predicted octanol–water partition coefficient (Wildman–Crippen LogP) is 2.74. The molecule has 1 atom stereocenters. The Morgan fingerprint density at radius 3 is 2.88 bits per heavy atom. The van der Waals surface area contributed by atoms with Crippen molar-refractivity contribution < 1.29 is 9.53 Å². The average molecular weight is 391 g/mol. The number of aromatic nitrogens is 4. The van der Waals surface area contributed by atoms with Gasteiger partial charge in [0.2, 0.25) is 11.1 Å². The molecule has 0 spiro atoms. The van der Waals surface area contributed by atoms with Gasteiger partial charge in [0.05, 0.1) is 5.69 Å². The number of nitrogen functional groups attached to an aromatic ring is 1. The maximum Gasteiger partial charge on any atom is 0.255 e. The van der Waals surface area contributed by atoms with Crippen molar-refractivity contribution in [2.45, 2.75) is 18.9 Å². The van der Waals surface area contributed by atoms with Gasteiger partial charge in [0.15, 0.2) is 0 Å². The molecule has 1 fully saturated rings. The SMILES string of the molecule is Nc1nc(NC(=O)[C@@H]2CCCO2)nn1-c1nc(-c2ccc(Cl)cc2)cs1. The van der Waals surface area contributed by atoms with Crippen LogP contribution < -0.4 is 11.1 Å². The van der Waals surface area contributed by atoms with E-state index in [1.54, 1.807) is 12.1 Å². The van der Waals surface area contributed by atoms with E-state index in [1.807, 2.05) is 17.5 Å². The van der Waals surface area contributed by atoms with Crippen LogP contribution in [0.1, 0.15) is 12.8 Å². The van der Waals surface area contributed by atoms with Crippen molar-refractivity contribution in [2.75, 3.05) is 17.7 Å². The number of nitrogens with zero attached hydrogens (tertiary/aromatic N) is 4. The topological polar surface area (TPSA) is 108 Å². The first-order valence-corrected chi connectivity index (χ1v) is 9.23. The number of benzene rings is 1. The number of nitrogens with two attached hydrogens (primary N) is 1. The number of carbonyl (C=O) groups is 1. The highest BCUT2D eigenvalue weighted by atomic mass is 35.5. The van der Waals surface area contributed by atoms with E-state index in [-0.39, 0.29) is 17.8 Å². The van der Waals surface area contributed by atoms with Gasteiger partial charge in [-0.1, -0.05) is 23.7 Å². The summed E-state index contributed by atoms with van der Waals surface area (Å²) in [6.07, 6.45) is 1.10. The molecule has 3 heterocycles. The smallest absolute Gasteiger partial charge is 0.255 e. The van der Waals surface area contributed by atoms with Crippen LogP contribution in [0.4, 0.5) is 11.9 Å². The van der Waals surface area contributed by atoms with Crippen LogP contribution in [0.3, 0.4) is 0 Å². The lowest BCUT2D eigenvalue weighted by Gasteiger charge is -2.06. The third-order valence-corrected chi connectivity index (χ3v) is 4.97. The van der Waals surface area contributed by atoms with Crippen molar-refractivity contribution in [1.82, 2.24) is 19.7 Å². The summed E-state index contributed by atoms with van der Waals surface area (Å²) in [5.74, 6) is 0.0107. The number of hydrogen-bond acceptors (Lipinski definition) is 7. The number of amides is 1. The molecule has 1 saturated heterocycles. The van der Waals surface area contributed by atoms with E-state index in [2.05, 4.69) is 20.4 Å². The second-order valence-electron chi connectivity index (χ2n) is 5.72. The summed E-state index contributed by atoms with van der Waals surface area (Å²) >= 11 is 7.28. The van der Waals surface area contributed by atoms with Gasteiger partial charge < -0.3 is 10.5 Å². The Bertz CT molecular complexity index is 933. The normalized spacial score (nSPS) is 16.7. The molecule has 1 amide bonds. The third kappa shape index (κ3) is 3.41. The molecule has 3 aromatic rings. The number of anilines is 2. The van der Waals surface area contributed by atoms with Crippen molar-refractivity contribution in [3.05, 3.63) is 34.7 Å². The highest BCUT2D eigenvalue weighted by Crippen LogP contribution is 2.26. The van der Waals surface area contributed by atoms with Gasteiger partial charge in [-0.3, -0.25) is 10.1 Å². The van der Waals surface area contributed by atoms with Crippen LogP contribution >= 0.6 is 22.9 Å². The fourth-order valence-electron chi connectivity index (χ4n) is 2.61. The number of nitrogens with one attached hydrogen (secondary N) is 1. The van der Waals surface area contributed by atoms with Crippen LogP contribution in [0.2, 0.25) is 5.02 Å². The molecule has 0 bridgehead atoms. The molecular weight excluding hydrogens is 376 g/mol. The Labute approximate surface area is 158 Å². The molecule has 3 N–H and O–H groups in total. The van der Waals surface area contributed by atoms with E-state index in [0.29, 0.717) is 23.2 Å². The minimum absolute atomic E-state index is 0.131. The molecule has 0 aliphatic carbocycles. The highest BCUT2D eigenvalue weighted by Gasteiger charge is 2.25. The van der Waals surface area contributed by atoms with Gasteiger partial charge in [-0.2, -0.15) is 9.67 Å². The van der Waals surface area contributed by atoms with E-state index in [0.717, 1.165) is 17.7 Å². The quantitative estimate of drug-likeness (QED) is 0.709. The Balaban J connectivity index is 1.54. The summed E-state index contributed by atoms with van der Waals surface area (Å²) in [7, 11) is 0. The lowest BCUT2D eigenvalue weighted by molar-refractivity contribution is -0.124. The minimum atomic E-state index is -0.459. The van der Waals surface area contributed by atoms with Crippen LogP contribution in [-0.2, 0) is 9.53 Å². The molecule has 2 aromatic heterocycles. The maximum absolute atomic E-state index is 12.1. The van der Waals surface area contributed by atoms with Crippen molar-refractivity contribution in [3.63, 3.8) is 0 Å². The van der Waals surface area contributed by atoms with Crippen molar-refractivity contribution in [2.24, 2.45) is 0 Å². The van der Waals surface area contributed by atoms with E-state index in [9.17, 15) is 4.79 Å². The lowest BCUT2D eigenvalue weighted by Crippen LogP contribution is -2.27. The van der Waals surface area contributed by atoms with E-state index < -0.39 is 6.10 Å². The van der Waals surface area contributed by atoms with Gasteiger partial charge in [-0.15, -0.1) is 16.4 Å². The molecule has 4 rings (SSSR count). The highest BCUT2D eigenvalue weighted by molar-refractivity contribution is 7.12. The minimum Gasteiger partial charge on any atom is -0.368 e. The summed E-state index contributed by atoms with van der Waals surface area (Å²) in [5, 5.41) is 9.98. The second-order valence-corrected chi connectivity index (χ2v) is 6.99. The van der Waals surface area contributed by atoms with Crippen LogP contribution in [0.25, 0.3) is 16.4 Å². The first-order valence-electron chi connectivity index (χ1n) is 7.97. The van der Waals surface area contributed by atoms with Gasteiger partial charge in [0.1, 0.15) is 6.10 Å². The molecular formula is C16H15ClN6O2S. The van der Waals surface area contributed by atoms with Crippen LogP contribution in [0, 0.1) is 0 Å². The molecule has 8 nitrogen and oxygen atoms in total. The summed E-state index contributed by atoms with van der Waals surface area (Å²) in [4.78, 5) is 20.7. The molecule has 0 saturated carbocycles. The molecule has 1 aliphatic heterocycles. The number of thiazole rings is 1. The number of carbonyl (C=O) groups excluding carboxylic acids is 1. The molecule has 134 valence electrons. The Morgan fingerprint density at radius 1 is 1.35 bits per heavy atom. The van der Waals surface area contributed by atoms with Crippen LogP contribution in [-0.4, -0.2) is 38.4 Å². The van der Waals surface area contributed by atoms with Crippen molar-refractivity contribution >= 4 is 40.7 Å². The summed E-state index contributed by atoms with van der Waals surface area (Å²) in [5.41, 5.74) is 7.64. The van der Waals surface area contributed by atoms with Crippen molar-refractivity contribution in [1.29, 1.82) is 0 Å². The number of rotatable bonds is 4. The van der Waals surface area contributed by atoms with Gasteiger partial charge in [-0.05, 0) is 25.0 Å². The Hall–Kier alpha value is -2.49. The summed E-state index contributed by atoms with van der Waals surface area (Å²) in [6, 6.07) is 7.38. The van der Waals surface area contributed by atoms with Crippen molar-refractivity contribution in [3.8, 4) is 16.4 Å². The lowest BCUT2D eigenvalue weighted by atomic mass is 10.2. The van der Waals surface area contributed by atoms with Gasteiger partial charge in [-0.25, -0.2) is 4.98 Å². The maximum atomic E-state index is 12.1. The average Bonchev–Trinajstić information content (AvgIpc) is 3.35. The first kappa shape index (κ1) is 17.0. The summed E-state index contributed by atoms with van der Waals surface area (Å²) in [6.45, 7) is 0.592. The Morgan fingerprint density at radius 2 is 2.15 bits per heavy atom. The molecule has 10 heteroatoms. The fraction of sp³-hybridized carbons (Fsp3) is 0.250. The molecule has 26 heavy (non-hydrogen) atoms. The molecule has 0 unspecified atom stereocenters. The van der Waals surface area contributed by atoms with Crippen LogP contribution in [0.15, 0.2) is 29.6 Å². The number of ether oxygens (including phenoxy) is 1. The Kier molecular flexibility index (Phi) is 4.58. The zero-order chi connectivity index (χ0) is 18.1. The van der Waals surface area contributed by atoms with Gasteiger partial charge in [0, 0.05) is 22.6 Å². The van der Waals surface area contributed by atoms with Crippen LogP contribution in [0.5, 0.6) is 0 Å². The van der Waals surface area contributed by atoms with E-state index in [1.165, 1.54) is 16.0 Å². The molecule has 1 aliphatic rings. The van der Waals surface area contributed by atoms with E-state index in [4.69, 9.17) is 22.1 Å². The predicted molar refractivity (Wildman–Crippen MR) is 99.5 cm³/mol. The zero-order valence-electron chi connectivity index (χ0n) is 13.6. The number of halogens is 1. The van der Waals surface area contributed by atoms with Gasteiger partial charge >= 0.3 is 0 Å². The standard InChI is InChI=1S/C16H15ClN6O2S/c17-10-5-3-9(4-6-10)11-8-26-16(19-11)23-14(18)21-15(22-23)20-13(24)12-2-1-7-25-12/h3-6,8,12H,1-2,7H2,(H3,18,20,21,22,24)/t12-/m0/s1. The molecule has 0 radical (unpaired) electrons. The number of hydrogen-bond donors (Lipinski definition) is 2.